The van der Waals surface area contributed by atoms with Crippen LogP contribution in [0.25, 0.3) is 0 Å². The van der Waals surface area contributed by atoms with Crippen LogP contribution in [0, 0.1) is 34.5 Å². The number of cyclic esters (lactones) is 1. The number of carbonyl (C=O) groups is 2. The minimum Gasteiger partial charge on any atom is -0.465 e. The van der Waals surface area contributed by atoms with E-state index >= 15 is 0 Å². The van der Waals surface area contributed by atoms with Gasteiger partial charge in [0, 0.05) is 18.3 Å². The van der Waals surface area contributed by atoms with E-state index < -0.39 is 0 Å². The van der Waals surface area contributed by atoms with E-state index in [0.717, 1.165) is 32.1 Å². The first kappa shape index (κ1) is 14.8. The van der Waals surface area contributed by atoms with Crippen LogP contribution in [-0.2, 0) is 14.3 Å². The normalized spacial score (nSPS) is 50.9. The second kappa shape index (κ2) is 4.62. The molecule has 0 aromatic carbocycles. The van der Waals surface area contributed by atoms with Crippen molar-refractivity contribution in [3.05, 3.63) is 0 Å². The zero-order valence-corrected chi connectivity index (χ0v) is 14.2. The number of rotatable bonds is 0. The van der Waals surface area contributed by atoms with Crippen LogP contribution in [0.3, 0.4) is 0 Å². The summed E-state index contributed by atoms with van der Waals surface area (Å²) in [6.45, 7) is 5.06. The van der Waals surface area contributed by atoms with Crippen LogP contribution in [0.1, 0.15) is 52.4 Å². The third kappa shape index (κ3) is 1.70. The van der Waals surface area contributed by atoms with Gasteiger partial charge in [-0.1, -0.05) is 19.1 Å². The molecule has 4 rings (SSSR count). The fraction of sp³-hybridized carbons (Fsp3) is 0.833. The van der Waals surface area contributed by atoms with Crippen molar-refractivity contribution in [2.45, 2.75) is 52.4 Å². The number of thiocarbonyl (C=S) groups is 1. The zero-order chi connectivity index (χ0) is 15.7. The molecule has 4 fully saturated rings. The van der Waals surface area contributed by atoms with Gasteiger partial charge in [-0.15, -0.1) is 0 Å². The molecular weight excluding hydrogens is 296 g/mol. The van der Waals surface area contributed by atoms with Crippen molar-refractivity contribution >= 4 is 28.8 Å². The van der Waals surface area contributed by atoms with Gasteiger partial charge < -0.3 is 4.74 Å². The van der Waals surface area contributed by atoms with Crippen molar-refractivity contribution < 1.29 is 14.3 Å². The molecule has 4 heteroatoms. The molecule has 1 saturated heterocycles. The average Bonchev–Trinajstić information content (AvgIpc) is 2.79. The fourth-order valence-corrected chi connectivity index (χ4v) is 6.65. The van der Waals surface area contributed by atoms with Gasteiger partial charge in [-0.25, -0.2) is 0 Å². The van der Waals surface area contributed by atoms with Crippen molar-refractivity contribution in [1.82, 2.24) is 0 Å². The molecule has 0 aromatic rings. The Morgan fingerprint density at radius 3 is 2.64 bits per heavy atom. The summed E-state index contributed by atoms with van der Waals surface area (Å²) in [5.41, 5.74) is -0.115. The summed E-state index contributed by atoms with van der Waals surface area (Å²) in [6, 6.07) is 0. The minimum atomic E-state index is -0.268. The van der Waals surface area contributed by atoms with E-state index in [2.05, 4.69) is 13.8 Å². The van der Waals surface area contributed by atoms with Crippen molar-refractivity contribution in [3.63, 3.8) is 0 Å². The minimum absolute atomic E-state index is 0.0116. The Morgan fingerprint density at radius 2 is 1.86 bits per heavy atom. The molecule has 3 nitrogen and oxygen atoms in total. The molecule has 1 aliphatic heterocycles. The van der Waals surface area contributed by atoms with E-state index in [1.165, 1.54) is 0 Å². The Hall–Kier alpha value is -0.770. The molecule has 3 saturated carbocycles. The van der Waals surface area contributed by atoms with E-state index in [1.807, 2.05) is 0 Å². The number of ether oxygens (including phenoxy) is 1. The Labute approximate surface area is 137 Å². The Morgan fingerprint density at radius 1 is 1.09 bits per heavy atom. The average molecular weight is 320 g/mol. The van der Waals surface area contributed by atoms with Crippen molar-refractivity contribution in [2.24, 2.45) is 34.5 Å². The molecule has 0 amide bonds. The van der Waals surface area contributed by atoms with Gasteiger partial charge >= 0.3 is 5.97 Å². The maximum Gasteiger partial charge on any atom is 0.312 e. The highest BCUT2D eigenvalue weighted by molar-refractivity contribution is 7.82. The van der Waals surface area contributed by atoms with Gasteiger partial charge in [0.25, 0.3) is 0 Å². The van der Waals surface area contributed by atoms with Gasteiger partial charge in [0.05, 0.1) is 16.9 Å². The lowest BCUT2D eigenvalue weighted by molar-refractivity contribution is -0.149. The number of carbonyl (C=O) groups excluding carboxylic acids is 2. The highest BCUT2D eigenvalue weighted by atomic mass is 32.1. The van der Waals surface area contributed by atoms with E-state index in [9.17, 15) is 9.59 Å². The number of fused-ring (bicyclic) bond motifs is 5. The standard InChI is InChI=1S/C18H24O3S/c1-17-8-6-14(19)15(22)12(17)4-3-10-11(17)5-7-18(2)13(10)9-21-16(18)20/h10-13H,3-9H2,1-2H3/t10-,11-,12?,13+,17-,18+/m1/s1. The molecule has 0 N–H and O–H groups in total. The highest BCUT2D eigenvalue weighted by Gasteiger charge is 2.62. The Kier molecular flexibility index (Phi) is 3.11. The third-order valence-electron chi connectivity index (χ3n) is 7.60. The summed E-state index contributed by atoms with van der Waals surface area (Å²) in [5.74, 6) is 2.01. The van der Waals surface area contributed by atoms with Crippen molar-refractivity contribution in [3.8, 4) is 0 Å². The quantitative estimate of drug-likeness (QED) is 0.507. The molecule has 4 aliphatic rings. The lowest BCUT2D eigenvalue weighted by Gasteiger charge is -2.58. The van der Waals surface area contributed by atoms with Gasteiger partial charge in [-0.3, -0.25) is 9.59 Å². The molecule has 3 aliphatic carbocycles. The van der Waals surface area contributed by atoms with E-state index in [-0.39, 0.29) is 28.5 Å². The maximum absolute atomic E-state index is 12.2. The molecule has 22 heavy (non-hydrogen) atoms. The zero-order valence-electron chi connectivity index (χ0n) is 13.4. The molecule has 1 unspecified atom stereocenters. The first-order chi connectivity index (χ1) is 10.4. The van der Waals surface area contributed by atoms with Gasteiger partial charge in [-0.2, -0.15) is 0 Å². The van der Waals surface area contributed by atoms with Crippen molar-refractivity contribution in [1.29, 1.82) is 0 Å². The first-order valence-electron chi connectivity index (χ1n) is 8.62. The molecule has 6 atom stereocenters. The summed E-state index contributed by atoms with van der Waals surface area (Å²) in [5, 5.41) is 0. The van der Waals surface area contributed by atoms with Crippen LogP contribution in [0.15, 0.2) is 0 Å². The topological polar surface area (TPSA) is 43.4 Å². The molecule has 0 aromatic heterocycles. The summed E-state index contributed by atoms with van der Waals surface area (Å²) >= 11 is 5.50. The van der Waals surface area contributed by atoms with Crippen LogP contribution in [-0.4, -0.2) is 23.2 Å². The molecular formula is C18H24O3S. The van der Waals surface area contributed by atoms with Gasteiger partial charge in [-0.05, 0) is 56.3 Å². The maximum atomic E-state index is 12.2. The van der Waals surface area contributed by atoms with Gasteiger partial charge in [0.2, 0.25) is 0 Å². The summed E-state index contributed by atoms with van der Waals surface area (Å²) in [4.78, 5) is 24.9. The van der Waals surface area contributed by atoms with E-state index in [4.69, 9.17) is 17.0 Å². The van der Waals surface area contributed by atoms with Gasteiger partial charge in [0.15, 0.2) is 5.78 Å². The predicted molar refractivity (Wildman–Crippen MR) is 86.4 cm³/mol. The first-order valence-corrected chi connectivity index (χ1v) is 9.03. The number of Topliss-reactive ketones (excluding diaryl/α,β-unsaturated/α-hetero) is 1. The Bertz CT molecular complexity index is 571. The third-order valence-corrected chi connectivity index (χ3v) is 8.11. The fourth-order valence-electron chi connectivity index (χ4n) is 6.16. The second-order valence-corrected chi connectivity index (χ2v) is 8.79. The smallest absolute Gasteiger partial charge is 0.312 e. The Balaban J connectivity index is 1.68. The molecule has 0 bridgehead atoms. The molecule has 0 spiro atoms. The molecule has 0 radical (unpaired) electrons. The number of hydrogen-bond donors (Lipinski definition) is 0. The van der Waals surface area contributed by atoms with Crippen LogP contribution in [0.5, 0.6) is 0 Å². The van der Waals surface area contributed by atoms with Crippen LogP contribution >= 0.6 is 12.2 Å². The largest absolute Gasteiger partial charge is 0.465 e. The number of ketones is 1. The predicted octanol–water partition coefficient (Wildman–Crippen LogP) is 3.34. The van der Waals surface area contributed by atoms with Crippen LogP contribution in [0.4, 0.5) is 0 Å². The second-order valence-electron chi connectivity index (χ2n) is 8.35. The SMILES string of the molecule is C[C@]12CCC(=O)C(=S)C1CC[C@@H]1[C@H]2CC[C@]2(C)C(=O)OC[C@@H]12. The summed E-state index contributed by atoms with van der Waals surface area (Å²) in [7, 11) is 0. The lowest BCUT2D eigenvalue weighted by Crippen LogP contribution is -2.56. The van der Waals surface area contributed by atoms with E-state index in [1.54, 1.807) is 0 Å². The van der Waals surface area contributed by atoms with Crippen molar-refractivity contribution in [2.75, 3.05) is 6.61 Å². The number of esters is 1. The number of hydrogen-bond acceptors (Lipinski definition) is 4. The van der Waals surface area contributed by atoms with Gasteiger partial charge in [0.1, 0.15) is 0 Å². The lowest BCUT2D eigenvalue weighted by atomic mass is 9.45. The summed E-state index contributed by atoms with van der Waals surface area (Å²) in [6.07, 6.45) is 5.71. The van der Waals surface area contributed by atoms with Crippen LogP contribution < -0.4 is 0 Å². The van der Waals surface area contributed by atoms with Crippen LogP contribution in [0.2, 0.25) is 0 Å². The highest BCUT2D eigenvalue weighted by Crippen LogP contribution is 2.63. The monoisotopic (exact) mass is 320 g/mol. The summed E-state index contributed by atoms with van der Waals surface area (Å²) < 4.78 is 5.44. The van der Waals surface area contributed by atoms with E-state index in [0.29, 0.717) is 35.6 Å². The molecule has 120 valence electrons. The molecule has 1 heterocycles.